The molecule has 0 N–H and O–H groups in total. The van der Waals surface area contributed by atoms with Crippen molar-refractivity contribution in [2.75, 3.05) is 0 Å². The van der Waals surface area contributed by atoms with Crippen LogP contribution in [0.1, 0.15) is 66.7 Å². The average Bonchev–Trinajstić information content (AvgIpc) is 2.39. The van der Waals surface area contributed by atoms with Crippen molar-refractivity contribution in [3.63, 3.8) is 0 Å². The Morgan fingerprint density at radius 3 is 2.26 bits per heavy atom. The van der Waals surface area contributed by atoms with Gasteiger partial charge in [0.15, 0.2) is 0 Å². The first-order chi connectivity index (χ1) is 10.7. The Hall–Kier alpha value is -1.32. The Morgan fingerprint density at radius 1 is 1.09 bits per heavy atom. The molecule has 23 heavy (non-hydrogen) atoms. The van der Waals surface area contributed by atoms with Crippen molar-refractivity contribution in [1.29, 1.82) is 0 Å². The normalized spacial score (nSPS) is 25.7. The molecule has 0 aromatic carbocycles. The molecule has 0 amide bonds. The van der Waals surface area contributed by atoms with E-state index in [9.17, 15) is 9.59 Å². The quantitative estimate of drug-likeness (QED) is 0.518. The van der Waals surface area contributed by atoms with Crippen LogP contribution >= 0.6 is 0 Å². The van der Waals surface area contributed by atoms with E-state index in [-0.39, 0.29) is 24.1 Å². The monoisotopic (exact) mass is 324 g/mol. The van der Waals surface area contributed by atoms with Gasteiger partial charge < -0.3 is 9.47 Å². The van der Waals surface area contributed by atoms with Gasteiger partial charge in [-0.3, -0.25) is 4.79 Å². The largest absolute Gasteiger partial charge is 0.463 e. The van der Waals surface area contributed by atoms with Gasteiger partial charge >= 0.3 is 11.9 Å². The molecule has 132 valence electrons. The molecule has 1 saturated carbocycles. The van der Waals surface area contributed by atoms with Gasteiger partial charge in [-0.15, -0.1) is 0 Å². The lowest BCUT2D eigenvalue weighted by atomic mass is 9.72. The van der Waals surface area contributed by atoms with Crippen LogP contribution in [0.15, 0.2) is 12.2 Å². The maximum atomic E-state index is 11.7. The number of carbonyl (C=O) groups is 2. The number of carbonyl (C=O) groups excluding carboxylic acids is 2. The van der Waals surface area contributed by atoms with Gasteiger partial charge in [0.05, 0.1) is 6.10 Å². The third kappa shape index (κ3) is 7.19. The molecule has 0 aromatic rings. The second-order valence-electron chi connectivity index (χ2n) is 7.43. The fourth-order valence-corrected chi connectivity index (χ4v) is 3.60. The van der Waals surface area contributed by atoms with Crippen LogP contribution in [0.5, 0.6) is 0 Å². The zero-order valence-corrected chi connectivity index (χ0v) is 15.3. The van der Waals surface area contributed by atoms with Crippen molar-refractivity contribution >= 4 is 11.9 Å². The first-order valence-electron chi connectivity index (χ1n) is 8.72. The van der Waals surface area contributed by atoms with E-state index in [1.807, 2.05) is 6.92 Å². The van der Waals surface area contributed by atoms with Crippen molar-refractivity contribution in [2.24, 2.45) is 17.8 Å². The molecular weight excluding hydrogens is 292 g/mol. The summed E-state index contributed by atoms with van der Waals surface area (Å²) in [7, 11) is 0. The molecular formula is C19H32O4. The van der Waals surface area contributed by atoms with Crippen LogP contribution in [0.4, 0.5) is 0 Å². The van der Waals surface area contributed by atoms with Gasteiger partial charge in [0.25, 0.3) is 0 Å². The number of rotatable bonds is 7. The Morgan fingerprint density at radius 2 is 1.74 bits per heavy atom. The number of esters is 2. The molecule has 4 heteroatoms. The highest BCUT2D eigenvalue weighted by molar-refractivity contribution is 5.87. The van der Waals surface area contributed by atoms with Crippen molar-refractivity contribution in [3.8, 4) is 0 Å². The van der Waals surface area contributed by atoms with Crippen LogP contribution in [-0.2, 0) is 19.1 Å². The van der Waals surface area contributed by atoms with Gasteiger partial charge in [-0.25, -0.2) is 4.79 Å². The van der Waals surface area contributed by atoms with E-state index in [1.165, 1.54) is 6.92 Å². The van der Waals surface area contributed by atoms with Crippen LogP contribution < -0.4 is 0 Å². The second-order valence-corrected chi connectivity index (χ2v) is 7.43. The standard InChI is InChI=1S/C19H32O4/c1-12(2)9-17-11-18(23-19(21)13(3)4)8-7-16(17)10-14(5)22-15(6)20/h12,14,16-18H,3,7-11H2,1-2,4-6H3. The summed E-state index contributed by atoms with van der Waals surface area (Å²) in [6.07, 6.45) is 4.72. The van der Waals surface area contributed by atoms with Crippen LogP contribution in [-0.4, -0.2) is 24.1 Å². The Labute approximate surface area is 140 Å². The summed E-state index contributed by atoms with van der Waals surface area (Å²) in [5.41, 5.74) is 0.455. The molecule has 1 fully saturated rings. The smallest absolute Gasteiger partial charge is 0.333 e. The van der Waals surface area contributed by atoms with Gasteiger partial charge in [0.1, 0.15) is 6.10 Å². The fourth-order valence-electron chi connectivity index (χ4n) is 3.60. The van der Waals surface area contributed by atoms with E-state index in [1.54, 1.807) is 6.92 Å². The van der Waals surface area contributed by atoms with E-state index >= 15 is 0 Å². The highest BCUT2D eigenvalue weighted by atomic mass is 16.5. The molecule has 0 heterocycles. The molecule has 1 aliphatic carbocycles. The predicted octanol–water partition coefficient (Wildman–Crippen LogP) is 4.28. The number of hydrogen-bond donors (Lipinski definition) is 0. The van der Waals surface area contributed by atoms with Crippen LogP contribution in [0.25, 0.3) is 0 Å². The molecule has 0 radical (unpaired) electrons. The van der Waals surface area contributed by atoms with E-state index in [0.717, 1.165) is 32.1 Å². The summed E-state index contributed by atoms with van der Waals surface area (Å²) in [6, 6.07) is 0. The lowest BCUT2D eigenvalue weighted by Gasteiger charge is -2.37. The third-order valence-electron chi connectivity index (χ3n) is 4.49. The minimum atomic E-state index is -0.287. The maximum Gasteiger partial charge on any atom is 0.333 e. The Bertz CT molecular complexity index is 427. The highest BCUT2D eigenvalue weighted by Crippen LogP contribution is 2.38. The van der Waals surface area contributed by atoms with Gasteiger partial charge in [0, 0.05) is 12.5 Å². The molecule has 0 spiro atoms. The van der Waals surface area contributed by atoms with Crippen LogP contribution in [0, 0.1) is 17.8 Å². The lowest BCUT2D eigenvalue weighted by molar-refractivity contribution is -0.150. The molecule has 0 saturated heterocycles. The minimum Gasteiger partial charge on any atom is -0.463 e. The zero-order valence-electron chi connectivity index (χ0n) is 15.3. The number of ether oxygens (including phenoxy) is 2. The topological polar surface area (TPSA) is 52.6 Å². The first-order valence-corrected chi connectivity index (χ1v) is 8.72. The van der Waals surface area contributed by atoms with E-state index in [0.29, 0.717) is 23.3 Å². The lowest BCUT2D eigenvalue weighted by Crippen LogP contribution is -2.34. The van der Waals surface area contributed by atoms with Crippen LogP contribution in [0.2, 0.25) is 0 Å². The summed E-state index contributed by atoms with van der Waals surface area (Å²) >= 11 is 0. The number of hydrogen-bond acceptors (Lipinski definition) is 4. The van der Waals surface area contributed by atoms with Gasteiger partial charge in [-0.1, -0.05) is 20.4 Å². The minimum absolute atomic E-state index is 0.0109. The fraction of sp³-hybridized carbons (Fsp3) is 0.789. The van der Waals surface area contributed by atoms with Crippen molar-refractivity contribution in [3.05, 3.63) is 12.2 Å². The molecule has 1 aliphatic rings. The Balaban J connectivity index is 2.64. The third-order valence-corrected chi connectivity index (χ3v) is 4.49. The van der Waals surface area contributed by atoms with Gasteiger partial charge in [-0.05, 0) is 63.7 Å². The highest BCUT2D eigenvalue weighted by Gasteiger charge is 2.33. The SMILES string of the molecule is C=C(C)C(=O)OC1CCC(CC(C)OC(C)=O)C(CC(C)C)C1. The predicted molar refractivity (Wildman–Crippen MR) is 90.8 cm³/mol. The van der Waals surface area contributed by atoms with Crippen molar-refractivity contribution < 1.29 is 19.1 Å². The summed E-state index contributed by atoms with van der Waals surface area (Å²) in [5, 5.41) is 0. The van der Waals surface area contributed by atoms with Gasteiger partial charge in [-0.2, -0.15) is 0 Å². The molecule has 4 nitrogen and oxygen atoms in total. The summed E-state index contributed by atoms with van der Waals surface area (Å²) < 4.78 is 10.9. The maximum absolute atomic E-state index is 11.7. The van der Waals surface area contributed by atoms with E-state index in [4.69, 9.17) is 9.47 Å². The van der Waals surface area contributed by atoms with Crippen LogP contribution in [0.3, 0.4) is 0 Å². The molecule has 0 bridgehead atoms. The van der Waals surface area contributed by atoms with Crippen molar-refractivity contribution in [1.82, 2.24) is 0 Å². The molecule has 4 atom stereocenters. The summed E-state index contributed by atoms with van der Waals surface area (Å²) in [5.74, 6) is 1.12. The summed E-state index contributed by atoms with van der Waals surface area (Å²) in [4.78, 5) is 22.8. The second kappa shape index (κ2) is 9.09. The van der Waals surface area contributed by atoms with Gasteiger partial charge in [0.2, 0.25) is 0 Å². The first kappa shape index (κ1) is 19.7. The Kier molecular flexibility index (Phi) is 7.80. The molecule has 0 aliphatic heterocycles. The summed E-state index contributed by atoms with van der Waals surface area (Å²) in [6.45, 7) is 13.2. The average molecular weight is 324 g/mol. The molecule has 0 aromatic heterocycles. The van der Waals surface area contributed by atoms with E-state index < -0.39 is 0 Å². The van der Waals surface area contributed by atoms with Crippen molar-refractivity contribution in [2.45, 2.75) is 78.9 Å². The zero-order chi connectivity index (χ0) is 17.6. The van der Waals surface area contributed by atoms with E-state index in [2.05, 4.69) is 20.4 Å². The molecule has 1 rings (SSSR count). The molecule has 4 unspecified atom stereocenters.